The second-order valence-corrected chi connectivity index (χ2v) is 9.28. The highest BCUT2D eigenvalue weighted by atomic mass is 19.4. The molecule has 3 aromatic rings. The van der Waals surface area contributed by atoms with E-state index < -0.39 is 29.9 Å². The monoisotopic (exact) mass is 527 g/mol. The molecule has 0 saturated heterocycles. The Balaban J connectivity index is 1.61. The number of carboxylic acid groups (broad SMARTS) is 1. The van der Waals surface area contributed by atoms with Crippen molar-refractivity contribution in [1.29, 1.82) is 0 Å². The fourth-order valence-corrected chi connectivity index (χ4v) is 4.14. The SMILES string of the molecule is Cc1c(/C=C/c2ccc(CNC(C)(CO)C(=O)O)cc2C(F)(F)F)cccc1-c1ccc2c(c1)OCCO2. The fraction of sp³-hybridized carbons (Fsp3) is 0.276. The first-order chi connectivity index (χ1) is 18.0. The summed E-state index contributed by atoms with van der Waals surface area (Å²) in [4.78, 5) is 11.4. The van der Waals surface area contributed by atoms with Gasteiger partial charge in [-0.1, -0.05) is 48.6 Å². The molecular weight excluding hydrogens is 499 g/mol. The van der Waals surface area contributed by atoms with Gasteiger partial charge >= 0.3 is 12.1 Å². The number of hydrogen-bond acceptors (Lipinski definition) is 5. The van der Waals surface area contributed by atoms with Gasteiger partial charge in [0.15, 0.2) is 11.5 Å². The Bertz CT molecular complexity index is 1370. The molecule has 9 heteroatoms. The van der Waals surface area contributed by atoms with Crippen molar-refractivity contribution in [3.63, 3.8) is 0 Å². The largest absolute Gasteiger partial charge is 0.486 e. The van der Waals surface area contributed by atoms with E-state index in [0.29, 0.717) is 24.7 Å². The molecule has 1 aliphatic heterocycles. The molecule has 0 radical (unpaired) electrons. The Kier molecular flexibility index (Phi) is 7.80. The van der Waals surface area contributed by atoms with Crippen LogP contribution in [0.3, 0.4) is 0 Å². The Morgan fingerprint density at radius 1 is 1.00 bits per heavy atom. The van der Waals surface area contributed by atoms with E-state index in [9.17, 15) is 28.2 Å². The number of aliphatic hydroxyl groups is 1. The average Bonchev–Trinajstić information content (AvgIpc) is 2.90. The molecule has 0 fully saturated rings. The van der Waals surface area contributed by atoms with E-state index in [1.165, 1.54) is 25.1 Å². The van der Waals surface area contributed by atoms with E-state index >= 15 is 0 Å². The molecule has 1 aliphatic rings. The van der Waals surface area contributed by atoms with Gasteiger partial charge in [-0.05, 0) is 65.4 Å². The number of halogens is 3. The molecule has 6 nitrogen and oxygen atoms in total. The minimum atomic E-state index is -4.62. The predicted molar refractivity (Wildman–Crippen MR) is 138 cm³/mol. The van der Waals surface area contributed by atoms with Gasteiger partial charge in [0.25, 0.3) is 0 Å². The van der Waals surface area contributed by atoms with Crippen molar-refractivity contribution in [3.05, 3.63) is 82.4 Å². The Morgan fingerprint density at radius 2 is 1.71 bits per heavy atom. The van der Waals surface area contributed by atoms with Gasteiger partial charge in [0.05, 0.1) is 12.2 Å². The Labute approximate surface area is 218 Å². The molecule has 0 spiro atoms. The minimum absolute atomic E-state index is 0.0199. The number of carboxylic acids is 1. The molecule has 0 amide bonds. The van der Waals surface area contributed by atoms with Crippen molar-refractivity contribution < 1.29 is 37.7 Å². The number of aliphatic hydroxyl groups excluding tert-OH is 1. The Morgan fingerprint density at radius 3 is 2.39 bits per heavy atom. The smallest absolute Gasteiger partial charge is 0.416 e. The van der Waals surface area contributed by atoms with Crippen LogP contribution in [0.15, 0.2) is 54.6 Å². The standard InChI is InChI=1S/C29H28F3NO5/c1-18-20(4-3-5-23(18)22-10-11-25-26(15-22)38-13-12-37-25)8-9-21-7-6-19(14-24(21)29(30,31)32)16-33-28(2,17-34)27(35)36/h3-11,14-15,33-34H,12-13,16-17H2,1-2H3,(H,35,36)/b9-8+. The molecule has 0 saturated carbocycles. The van der Waals surface area contributed by atoms with Gasteiger partial charge < -0.3 is 19.7 Å². The van der Waals surface area contributed by atoms with Crippen molar-refractivity contribution in [2.45, 2.75) is 32.1 Å². The summed E-state index contributed by atoms with van der Waals surface area (Å²) in [7, 11) is 0. The van der Waals surface area contributed by atoms with Gasteiger partial charge in [-0.2, -0.15) is 13.2 Å². The lowest BCUT2D eigenvalue weighted by atomic mass is 9.95. The summed E-state index contributed by atoms with van der Waals surface area (Å²) in [6.45, 7) is 3.26. The highest BCUT2D eigenvalue weighted by Gasteiger charge is 2.34. The van der Waals surface area contributed by atoms with Crippen LogP contribution in [-0.4, -0.2) is 41.5 Å². The number of alkyl halides is 3. The van der Waals surface area contributed by atoms with Gasteiger partial charge in [-0.25, -0.2) is 0 Å². The number of hydrogen-bond donors (Lipinski definition) is 3. The number of fused-ring (bicyclic) bond motifs is 1. The summed E-state index contributed by atoms with van der Waals surface area (Å²) in [5.41, 5.74) is 1.20. The van der Waals surface area contributed by atoms with E-state index in [1.807, 2.05) is 43.3 Å². The second kappa shape index (κ2) is 10.9. The lowest BCUT2D eigenvalue weighted by Gasteiger charge is -2.24. The van der Waals surface area contributed by atoms with Gasteiger partial charge in [0.2, 0.25) is 0 Å². The summed E-state index contributed by atoms with van der Waals surface area (Å²) < 4.78 is 53.0. The van der Waals surface area contributed by atoms with Crippen LogP contribution in [0.1, 0.15) is 34.7 Å². The molecule has 1 atom stereocenters. The minimum Gasteiger partial charge on any atom is -0.486 e. The van der Waals surface area contributed by atoms with Crippen LogP contribution in [0.25, 0.3) is 23.3 Å². The maximum atomic E-state index is 13.9. The molecule has 3 aromatic carbocycles. The van der Waals surface area contributed by atoms with Crippen molar-refractivity contribution >= 4 is 18.1 Å². The number of ether oxygens (including phenoxy) is 2. The number of aliphatic carboxylic acids is 1. The molecule has 0 aromatic heterocycles. The lowest BCUT2D eigenvalue weighted by molar-refractivity contribution is -0.146. The number of rotatable bonds is 8. The Hall–Kier alpha value is -3.82. The van der Waals surface area contributed by atoms with Crippen molar-refractivity contribution in [3.8, 4) is 22.6 Å². The third-order valence-electron chi connectivity index (χ3n) is 6.57. The zero-order valence-electron chi connectivity index (χ0n) is 20.9. The first-order valence-electron chi connectivity index (χ1n) is 12.0. The maximum absolute atomic E-state index is 13.9. The van der Waals surface area contributed by atoms with Crippen LogP contribution in [0.5, 0.6) is 11.5 Å². The van der Waals surface area contributed by atoms with Crippen LogP contribution in [-0.2, 0) is 17.5 Å². The van der Waals surface area contributed by atoms with Crippen molar-refractivity contribution in [2.75, 3.05) is 19.8 Å². The summed E-state index contributed by atoms with van der Waals surface area (Å²) in [5.74, 6) is 0.0292. The van der Waals surface area contributed by atoms with Crippen LogP contribution in [0, 0.1) is 6.92 Å². The molecule has 1 unspecified atom stereocenters. The number of benzene rings is 3. The van der Waals surface area contributed by atoms with Gasteiger partial charge in [-0.3, -0.25) is 10.1 Å². The van der Waals surface area contributed by atoms with Crippen molar-refractivity contribution in [2.24, 2.45) is 0 Å². The zero-order chi connectivity index (χ0) is 27.5. The number of carbonyl (C=O) groups is 1. The molecule has 0 aliphatic carbocycles. The van der Waals surface area contributed by atoms with Gasteiger partial charge in [-0.15, -0.1) is 0 Å². The van der Waals surface area contributed by atoms with Crippen molar-refractivity contribution in [1.82, 2.24) is 5.32 Å². The highest BCUT2D eigenvalue weighted by Crippen LogP contribution is 2.37. The van der Waals surface area contributed by atoms with Crippen LogP contribution >= 0.6 is 0 Å². The molecule has 1 heterocycles. The van der Waals surface area contributed by atoms with E-state index in [-0.39, 0.29) is 17.7 Å². The first-order valence-corrected chi connectivity index (χ1v) is 12.0. The van der Waals surface area contributed by atoms with Gasteiger partial charge in [0, 0.05) is 6.54 Å². The van der Waals surface area contributed by atoms with Crippen LogP contribution in [0.4, 0.5) is 13.2 Å². The molecule has 38 heavy (non-hydrogen) atoms. The number of nitrogens with one attached hydrogen (secondary N) is 1. The van der Waals surface area contributed by atoms with E-state index in [1.54, 1.807) is 6.08 Å². The fourth-order valence-electron chi connectivity index (χ4n) is 4.14. The molecule has 0 bridgehead atoms. The zero-order valence-corrected chi connectivity index (χ0v) is 20.9. The summed E-state index contributed by atoms with van der Waals surface area (Å²) in [6, 6.07) is 15.1. The topological polar surface area (TPSA) is 88.0 Å². The third-order valence-corrected chi connectivity index (χ3v) is 6.57. The third kappa shape index (κ3) is 5.84. The van der Waals surface area contributed by atoms with Gasteiger partial charge in [0.1, 0.15) is 18.8 Å². The molecule has 200 valence electrons. The molecule has 4 rings (SSSR count). The normalized spacial score (nSPS) is 14.9. The molecule has 3 N–H and O–H groups in total. The van der Waals surface area contributed by atoms with Crippen LogP contribution < -0.4 is 14.8 Å². The first kappa shape index (κ1) is 27.2. The summed E-state index contributed by atoms with van der Waals surface area (Å²) >= 11 is 0. The van der Waals surface area contributed by atoms with Crippen LogP contribution in [0.2, 0.25) is 0 Å². The summed E-state index contributed by atoms with van der Waals surface area (Å²) in [6.07, 6.45) is -1.55. The lowest BCUT2D eigenvalue weighted by Crippen LogP contribution is -2.52. The van der Waals surface area contributed by atoms with E-state index in [2.05, 4.69) is 5.32 Å². The predicted octanol–water partition coefficient (Wildman–Crippen LogP) is 5.55. The highest BCUT2D eigenvalue weighted by molar-refractivity contribution is 5.79. The average molecular weight is 528 g/mol. The summed E-state index contributed by atoms with van der Waals surface area (Å²) in [5, 5.41) is 21.2. The molecular formula is C29H28F3NO5. The van der Waals surface area contributed by atoms with E-state index in [0.717, 1.165) is 28.3 Å². The maximum Gasteiger partial charge on any atom is 0.416 e. The second-order valence-electron chi connectivity index (χ2n) is 9.28. The van der Waals surface area contributed by atoms with E-state index in [4.69, 9.17) is 9.47 Å². The quantitative estimate of drug-likeness (QED) is 0.333.